The first-order valence-corrected chi connectivity index (χ1v) is 21.4. The van der Waals surface area contributed by atoms with Crippen molar-refractivity contribution < 1.29 is 115 Å². The fourth-order valence-electron chi connectivity index (χ4n) is 8.31. The van der Waals surface area contributed by atoms with Crippen LogP contribution in [0.25, 0.3) is 10.9 Å². The van der Waals surface area contributed by atoms with Gasteiger partial charge in [-0.25, -0.2) is 0 Å². The second kappa shape index (κ2) is 20.5. The van der Waals surface area contributed by atoms with Crippen LogP contribution in [0.5, 0.6) is 0 Å². The van der Waals surface area contributed by atoms with E-state index in [2.05, 4.69) is 0 Å². The summed E-state index contributed by atoms with van der Waals surface area (Å²) >= 11 is 5.84. The molecule has 0 aliphatic rings. The third-order valence-corrected chi connectivity index (χ3v) is 12.0. The van der Waals surface area contributed by atoms with Gasteiger partial charge < -0.3 is 0 Å². The number of halogens is 25. The number of hydrogen-bond acceptors (Lipinski definition) is 1. The van der Waals surface area contributed by atoms with Gasteiger partial charge in [-0.05, 0) is 60.7 Å². The van der Waals surface area contributed by atoms with Gasteiger partial charge in [0.2, 0.25) is 17.8 Å². The van der Waals surface area contributed by atoms with Crippen molar-refractivity contribution >= 4 is 56.3 Å². The Kier molecular flexibility index (Phi) is 15.8. The van der Waals surface area contributed by atoms with Crippen LogP contribution >= 0.6 is 11.6 Å². The number of ketones is 1. The first-order valence-electron chi connectivity index (χ1n) is 21.0. The zero-order chi connectivity index (χ0) is 57.9. The normalized spacial score (nSPS) is 13.4. The molecule has 0 radical (unpaired) electrons. The van der Waals surface area contributed by atoms with Crippen molar-refractivity contribution in [3.63, 3.8) is 0 Å². The summed E-state index contributed by atoms with van der Waals surface area (Å²) in [5.74, 6) is 0.0722. The van der Waals surface area contributed by atoms with Gasteiger partial charge in [0.1, 0.15) is 6.15 Å². The van der Waals surface area contributed by atoms with Crippen LogP contribution in [-0.4, -0.2) is 11.9 Å². The van der Waals surface area contributed by atoms with E-state index < -0.39 is 195 Å². The molecule has 77 heavy (non-hydrogen) atoms. The van der Waals surface area contributed by atoms with Gasteiger partial charge in [0.15, 0.2) is 6.20 Å². The number of Topliss-reactive ketones (excluding diaryl/α,β-unsaturated/α-hetero) is 1. The van der Waals surface area contributed by atoms with Gasteiger partial charge in [0.05, 0.1) is 44.5 Å². The zero-order valence-corrected chi connectivity index (χ0v) is 38.1. The lowest BCUT2D eigenvalue weighted by molar-refractivity contribution is -0.657. The first kappa shape index (κ1) is 59.3. The summed E-state index contributed by atoms with van der Waals surface area (Å²) in [6.45, 7) is 0.322. The van der Waals surface area contributed by atoms with Gasteiger partial charge >= 0.3 is 49.4 Å². The summed E-state index contributed by atoms with van der Waals surface area (Å²) in [5.41, 5.74) is -28.5. The number of carbonyl (C=O) groups excluding carboxylic acids is 1. The fourth-order valence-corrected chi connectivity index (χ4v) is 8.44. The molecule has 7 aromatic rings. The van der Waals surface area contributed by atoms with E-state index >= 15 is 0 Å². The molecule has 0 atom stereocenters. The maximum absolute atomic E-state index is 14.2. The number of pyridine rings is 1. The fraction of sp³-hybridized carbons (Fsp3) is 0.184. The van der Waals surface area contributed by atoms with Crippen LogP contribution in [0.1, 0.15) is 54.9 Å². The minimum absolute atomic E-state index is 0.0722. The molecule has 1 heterocycles. The van der Waals surface area contributed by atoms with E-state index in [1.54, 1.807) is 24.3 Å². The standard InChI is InChI=1S/C32H12BF24.C17H13ClNO/c34-25(35,36)13-1-14(26(37,38)39)6-21(5-13)33(22-7-15(27(40,41)42)2-16(8-22)28(43,44)45,23-9-17(29(46,47)48)3-18(10-23)30(49,50)51)24-11-19(31(52,53)54)4-20(12-24)32(55,56)57;18-15-9-7-14(8-10-15)17(20)12-19-11-3-5-13-4-1-2-6-16(13)19/h1-12H;1-11H,12H2/q-1;+1. The second-order valence-corrected chi connectivity index (χ2v) is 17.3. The number of nitrogens with zero attached hydrogens (tertiary/aromatic N) is 1. The third-order valence-electron chi connectivity index (χ3n) is 11.7. The minimum atomic E-state index is -6.13. The van der Waals surface area contributed by atoms with E-state index in [-0.39, 0.29) is 5.78 Å². The molecule has 0 amide bonds. The summed E-state index contributed by atoms with van der Waals surface area (Å²) in [4.78, 5) is 12.3. The third kappa shape index (κ3) is 13.4. The Hall–Kier alpha value is -6.93. The van der Waals surface area contributed by atoms with Crippen LogP contribution in [0, 0.1) is 0 Å². The molecule has 0 saturated carbocycles. The highest BCUT2D eigenvalue weighted by molar-refractivity contribution is 7.20. The van der Waals surface area contributed by atoms with Crippen molar-refractivity contribution in [2.45, 2.75) is 56.0 Å². The molecule has 7 rings (SSSR count). The maximum Gasteiger partial charge on any atom is 0.416 e. The van der Waals surface area contributed by atoms with Crippen molar-refractivity contribution in [2.24, 2.45) is 0 Å². The van der Waals surface area contributed by atoms with E-state index in [4.69, 9.17) is 11.6 Å². The van der Waals surface area contributed by atoms with Crippen LogP contribution < -0.4 is 26.4 Å². The zero-order valence-electron chi connectivity index (χ0n) is 37.4. The molecule has 2 nitrogen and oxygen atoms in total. The Morgan fingerprint density at radius 2 is 0.623 bits per heavy atom. The molecule has 0 aliphatic heterocycles. The largest absolute Gasteiger partial charge is 0.416 e. The lowest BCUT2D eigenvalue weighted by Gasteiger charge is -2.46. The summed E-state index contributed by atoms with van der Waals surface area (Å²) in [7, 11) is 0. The molecule has 0 unspecified atom stereocenters. The SMILES string of the molecule is FC(F)(F)c1cc([B-](c2cc(C(F)(F)F)cc(C(F)(F)F)c2)(c2cc(C(F)(F)F)cc(C(F)(F)F)c2)c2cc(C(F)(F)F)cc(C(F)(F)F)c2)cc(C(F)(F)F)c1.O=C(C[n+]1cccc2ccccc21)c1ccc(Cl)cc1. The van der Waals surface area contributed by atoms with Gasteiger partial charge in [0, 0.05) is 28.1 Å². The maximum atomic E-state index is 14.2. The van der Waals surface area contributed by atoms with Crippen LogP contribution in [0.3, 0.4) is 0 Å². The minimum Gasteiger partial charge on any atom is -0.287 e. The van der Waals surface area contributed by atoms with Crippen molar-refractivity contribution in [3.05, 3.63) is 195 Å². The van der Waals surface area contributed by atoms with E-state index in [1.807, 2.05) is 47.2 Å². The molecule has 0 fully saturated rings. The number of para-hydroxylation sites is 1. The number of alkyl halides is 24. The molecule has 0 aliphatic carbocycles. The van der Waals surface area contributed by atoms with E-state index in [0.29, 0.717) is 17.1 Å². The predicted molar refractivity (Wildman–Crippen MR) is 230 cm³/mol. The molecule has 410 valence electrons. The lowest BCUT2D eigenvalue weighted by Crippen LogP contribution is -2.75. The average molecular weight is 1150 g/mol. The molecule has 1 aromatic heterocycles. The quantitative estimate of drug-likeness (QED) is 0.0674. The highest BCUT2D eigenvalue weighted by Gasteiger charge is 2.47. The molecular formula is C49H25BClF24NO. The van der Waals surface area contributed by atoms with E-state index in [0.717, 1.165) is 10.9 Å². The predicted octanol–water partition coefficient (Wildman–Crippen LogP) is 14.9. The van der Waals surface area contributed by atoms with Crippen molar-refractivity contribution in [1.82, 2.24) is 0 Å². The summed E-state index contributed by atoms with van der Waals surface area (Å²) in [6, 6.07) is 10.2. The number of hydrogen-bond donors (Lipinski definition) is 0. The summed E-state index contributed by atoms with van der Waals surface area (Å²) < 4.78 is 343. The van der Waals surface area contributed by atoms with Crippen LogP contribution in [0.15, 0.2) is 140 Å². The average Bonchev–Trinajstić information content (AvgIpc) is 3.30. The summed E-state index contributed by atoms with van der Waals surface area (Å²) in [6.07, 6.45) is -52.9. The Bertz CT molecular complexity index is 2870. The van der Waals surface area contributed by atoms with Crippen LogP contribution in [0.4, 0.5) is 105 Å². The Balaban J connectivity index is 0.000000397. The molecule has 0 bridgehead atoms. The Morgan fingerprint density at radius 1 is 0.364 bits per heavy atom. The molecule has 0 N–H and O–H groups in total. The van der Waals surface area contributed by atoms with Crippen molar-refractivity contribution in [2.75, 3.05) is 0 Å². The van der Waals surface area contributed by atoms with E-state index in [1.165, 1.54) is 0 Å². The van der Waals surface area contributed by atoms with Crippen molar-refractivity contribution in [1.29, 1.82) is 0 Å². The number of benzene rings is 6. The molecule has 0 saturated heterocycles. The summed E-state index contributed by atoms with van der Waals surface area (Å²) in [5, 5.41) is 1.76. The molecular weight excluding hydrogens is 1120 g/mol. The van der Waals surface area contributed by atoms with Crippen LogP contribution in [0.2, 0.25) is 5.02 Å². The number of fused-ring (bicyclic) bond motifs is 1. The molecule has 0 spiro atoms. The second-order valence-electron chi connectivity index (χ2n) is 16.8. The number of rotatable bonds is 7. The van der Waals surface area contributed by atoms with Gasteiger partial charge in [-0.3, -0.25) is 4.79 Å². The highest BCUT2D eigenvalue weighted by Crippen LogP contribution is 2.41. The van der Waals surface area contributed by atoms with Gasteiger partial charge in [-0.15, -0.1) is 0 Å². The van der Waals surface area contributed by atoms with Crippen LogP contribution in [-0.2, 0) is 56.0 Å². The Morgan fingerprint density at radius 3 is 0.896 bits per heavy atom. The first-order chi connectivity index (χ1) is 35.0. The topological polar surface area (TPSA) is 20.9 Å². The van der Waals surface area contributed by atoms with Gasteiger partial charge in [0.25, 0.3) is 0 Å². The Labute approximate surface area is 421 Å². The van der Waals surface area contributed by atoms with Crippen molar-refractivity contribution in [3.8, 4) is 0 Å². The molecule has 6 aromatic carbocycles. The van der Waals surface area contributed by atoms with E-state index in [9.17, 15) is 110 Å². The number of aromatic nitrogens is 1. The monoisotopic (exact) mass is 1150 g/mol. The molecule has 28 heteroatoms. The highest BCUT2D eigenvalue weighted by atomic mass is 35.5. The number of carbonyl (C=O) groups is 1. The lowest BCUT2D eigenvalue weighted by atomic mass is 9.12. The smallest absolute Gasteiger partial charge is 0.287 e. The van der Waals surface area contributed by atoms with Gasteiger partial charge in [-0.1, -0.05) is 72.3 Å². The van der Waals surface area contributed by atoms with Gasteiger partial charge in [-0.2, -0.15) is 132 Å².